The second-order valence-electron chi connectivity index (χ2n) is 10.6. The number of benzene rings is 2. The standard InChI is InChI=1S/C28H26N4Si2/c1-33(2,3)15-11-19-17-23-24(18-20(19)12-16-34(4,5)6)32-28-22-10-8-14-30-26(22)25-21(27(28)31-23)9-7-13-29-25/h7-10,13-14,17-18H,1-6H3. The van der Waals surface area contributed by atoms with Crippen LogP contribution in [-0.2, 0) is 0 Å². The Kier molecular flexibility index (Phi) is 5.24. The van der Waals surface area contributed by atoms with Gasteiger partial charge in [-0.25, -0.2) is 9.97 Å². The van der Waals surface area contributed by atoms with E-state index < -0.39 is 16.1 Å². The molecule has 0 fully saturated rings. The smallest absolute Gasteiger partial charge is 0.129 e. The van der Waals surface area contributed by atoms with Gasteiger partial charge in [-0.05, 0) is 36.4 Å². The summed E-state index contributed by atoms with van der Waals surface area (Å²) in [5.41, 5.74) is 13.8. The first-order chi connectivity index (χ1) is 16.1. The summed E-state index contributed by atoms with van der Waals surface area (Å²) >= 11 is 0. The number of hydrogen-bond donors (Lipinski definition) is 0. The van der Waals surface area contributed by atoms with Crippen LogP contribution in [0.25, 0.3) is 43.9 Å². The van der Waals surface area contributed by atoms with Gasteiger partial charge in [-0.2, -0.15) is 0 Å². The van der Waals surface area contributed by atoms with E-state index in [9.17, 15) is 0 Å². The summed E-state index contributed by atoms with van der Waals surface area (Å²) in [6.07, 6.45) is 3.59. The van der Waals surface area contributed by atoms with E-state index in [-0.39, 0.29) is 0 Å². The minimum absolute atomic E-state index is 0.819. The van der Waals surface area contributed by atoms with Crippen molar-refractivity contribution in [2.24, 2.45) is 0 Å². The molecule has 0 saturated carbocycles. The van der Waals surface area contributed by atoms with E-state index in [1.54, 1.807) is 12.4 Å². The van der Waals surface area contributed by atoms with Crippen molar-refractivity contribution in [3.8, 4) is 22.9 Å². The Morgan fingerprint density at radius 2 is 1.00 bits per heavy atom. The zero-order chi connectivity index (χ0) is 24.1. The third kappa shape index (κ3) is 4.31. The van der Waals surface area contributed by atoms with Crippen LogP contribution >= 0.6 is 0 Å². The average Bonchev–Trinajstić information content (AvgIpc) is 2.79. The molecule has 5 rings (SSSR count). The van der Waals surface area contributed by atoms with Crippen LogP contribution < -0.4 is 0 Å². The van der Waals surface area contributed by atoms with Gasteiger partial charge in [0.2, 0.25) is 0 Å². The molecule has 0 N–H and O–H groups in total. The molecule has 0 atom stereocenters. The van der Waals surface area contributed by atoms with E-state index >= 15 is 0 Å². The zero-order valence-corrected chi connectivity index (χ0v) is 22.4. The van der Waals surface area contributed by atoms with Crippen LogP contribution in [0.2, 0.25) is 39.3 Å². The third-order valence-corrected chi connectivity index (χ3v) is 7.05. The Bertz CT molecular complexity index is 1610. The van der Waals surface area contributed by atoms with Crippen molar-refractivity contribution < 1.29 is 0 Å². The summed E-state index contributed by atoms with van der Waals surface area (Å²) in [7, 11) is -3.10. The molecule has 0 amide bonds. The van der Waals surface area contributed by atoms with Crippen LogP contribution in [0, 0.1) is 22.9 Å². The van der Waals surface area contributed by atoms with Crippen LogP contribution in [-0.4, -0.2) is 36.1 Å². The van der Waals surface area contributed by atoms with Gasteiger partial charge in [0, 0.05) is 34.3 Å². The summed E-state index contributed by atoms with van der Waals surface area (Å²) < 4.78 is 0. The quantitative estimate of drug-likeness (QED) is 0.114. The van der Waals surface area contributed by atoms with Gasteiger partial charge in [-0.1, -0.05) is 51.1 Å². The zero-order valence-electron chi connectivity index (χ0n) is 20.4. The van der Waals surface area contributed by atoms with Gasteiger partial charge in [-0.3, -0.25) is 9.97 Å². The molecule has 4 nitrogen and oxygen atoms in total. The van der Waals surface area contributed by atoms with E-state index in [4.69, 9.17) is 9.97 Å². The van der Waals surface area contributed by atoms with Crippen molar-refractivity contribution in [2.45, 2.75) is 39.3 Å². The predicted octanol–water partition coefficient (Wildman–Crippen LogP) is 6.34. The molecule has 34 heavy (non-hydrogen) atoms. The van der Waals surface area contributed by atoms with Gasteiger partial charge >= 0.3 is 0 Å². The fraction of sp³-hybridized carbons (Fsp3) is 0.214. The Morgan fingerprint density at radius 3 is 1.38 bits per heavy atom. The maximum Gasteiger partial charge on any atom is 0.129 e. The molecule has 0 aliphatic heterocycles. The second kappa shape index (κ2) is 8.02. The van der Waals surface area contributed by atoms with E-state index in [1.807, 2.05) is 24.3 Å². The van der Waals surface area contributed by atoms with Gasteiger partial charge in [0.25, 0.3) is 0 Å². The number of hydrogen-bond acceptors (Lipinski definition) is 4. The first-order valence-corrected chi connectivity index (χ1v) is 18.4. The van der Waals surface area contributed by atoms with Crippen molar-refractivity contribution in [1.82, 2.24) is 19.9 Å². The van der Waals surface area contributed by atoms with Crippen molar-refractivity contribution in [2.75, 3.05) is 0 Å². The van der Waals surface area contributed by atoms with Crippen LogP contribution in [0.4, 0.5) is 0 Å². The molecule has 0 aliphatic rings. The number of nitrogens with zero attached hydrogens (tertiary/aromatic N) is 4. The van der Waals surface area contributed by atoms with Gasteiger partial charge in [0.15, 0.2) is 0 Å². The van der Waals surface area contributed by atoms with Gasteiger partial charge in [-0.15, -0.1) is 11.1 Å². The lowest BCUT2D eigenvalue weighted by molar-refractivity contribution is 1.36. The number of rotatable bonds is 0. The largest absolute Gasteiger partial charge is 0.254 e. The molecule has 0 bridgehead atoms. The van der Waals surface area contributed by atoms with Crippen molar-refractivity contribution in [3.05, 3.63) is 59.9 Å². The van der Waals surface area contributed by atoms with Crippen LogP contribution in [0.1, 0.15) is 11.1 Å². The Labute approximate surface area is 201 Å². The first kappa shape index (κ1) is 22.2. The predicted molar refractivity (Wildman–Crippen MR) is 148 cm³/mol. The van der Waals surface area contributed by atoms with Gasteiger partial charge in [0.05, 0.1) is 33.1 Å². The highest BCUT2D eigenvalue weighted by Gasteiger charge is 2.15. The fourth-order valence-corrected chi connectivity index (χ4v) is 4.78. The van der Waals surface area contributed by atoms with E-state index in [1.165, 1.54) is 0 Å². The fourth-order valence-electron chi connectivity index (χ4n) is 3.76. The third-order valence-electron chi connectivity index (χ3n) is 5.30. The molecule has 3 aromatic heterocycles. The molecule has 0 unspecified atom stereocenters. The summed E-state index contributed by atoms with van der Waals surface area (Å²) in [6, 6.07) is 12.1. The normalized spacial score (nSPS) is 11.9. The molecular formula is C28H26N4Si2. The summed E-state index contributed by atoms with van der Waals surface area (Å²) in [5.74, 6) is 6.86. The minimum atomic E-state index is -1.55. The lowest BCUT2D eigenvalue weighted by atomic mass is 10.0. The molecule has 0 saturated heterocycles. The second-order valence-corrected chi connectivity index (χ2v) is 20.1. The maximum atomic E-state index is 5.08. The molecule has 6 heteroatoms. The number of pyridine rings is 2. The van der Waals surface area contributed by atoms with Crippen molar-refractivity contribution >= 4 is 60.0 Å². The Morgan fingerprint density at radius 1 is 0.588 bits per heavy atom. The molecule has 0 spiro atoms. The highest BCUT2D eigenvalue weighted by molar-refractivity contribution is 6.84. The Hall–Kier alpha value is -3.59. The molecular weight excluding hydrogens is 449 g/mol. The lowest BCUT2D eigenvalue weighted by Crippen LogP contribution is -2.17. The molecule has 0 aliphatic carbocycles. The molecule has 0 radical (unpaired) electrons. The summed E-state index contributed by atoms with van der Waals surface area (Å²) in [4.78, 5) is 19.4. The van der Waals surface area contributed by atoms with Crippen molar-refractivity contribution in [1.29, 1.82) is 0 Å². The SMILES string of the molecule is C[Si](C)(C)C#Cc1cc2nc3c4cccnc4c4ncccc4c3nc2cc1C#C[Si](C)(C)C. The van der Waals surface area contributed by atoms with Crippen LogP contribution in [0.3, 0.4) is 0 Å². The van der Waals surface area contributed by atoms with Crippen LogP contribution in [0.5, 0.6) is 0 Å². The van der Waals surface area contributed by atoms with Crippen LogP contribution in [0.15, 0.2) is 48.8 Å². The monoisotopic (exact) mass is 474 g/mol. The lowest BCUT2D eigenvalue weighted by Gasteiger charge is -2.10. The molecule has 3 heterocycles. The topological polar surface area (TPSA) is 51.6 Å². The highest BCUT2D eigenvalue weighted by atomic mass is 28.3. The Balaban J connectivity index is 1.89. The van der Waals surface area contributed by atoms with Gasteiger partial charge in [0.1, 0.15) is 16.1 Å². The van der Waals surface area contributed by atoms with Crippen molar-refractivity contribution in [3.63, 3.8) is 0 Å². The summed E-state index contributed by atoms with van der Waals surface area (Å²) in [6.45, 7) is 13.5. The first-order valence-electron chi connectivity index (χ1n) is 11.4. The molecule has 2 aromatic carbocycles. The molecule has 5 aromatic rings. The average molecular weight is 475 g/mol. The van der Waals surface area contributed by atoms with Gasteiger partial charge < -0.3 is 0 Å². The summed E-state index contributed by atoms with van der Waals surface area (Å²) in [5, 5.41) is 1.91. The van der Waals surface area contributed by atoms with E-state index in [0.29, 0.717) is 0 Å². The van der Waals surface area contributed by atoms with E-state index in [2.05, 4.69) is 84.3 Å². The number of aromatic nitrogens is 4. The van der Waals surface area contributed by atoms with E-state index in [0.717, 1.165) is 55.0 Å². The maximum absolute atomic E-state index is 5.08. The minimum Gasteiger partial charge on any atom is -0.254 e. The molecule has 166 valence electrons. The number of fused-ring (bicyclic) bond motifs is 7. The highest BCUT2D eigenvalue weighted by Crippen LogP contribution is 2.32.